The van der Waals surface area contributed by atoms with Crippen LogP contribution in [0.5, 0.6) is 0 Å². The fourth-order valence-corrected chi connectivity index (χ4v) is 9.20. The van der Waals surface area contributed by atoms with Gasteiger partial charge in [0, 0.05) is 5.92 Å². The van der Waals surface area contributed by atoms with Crippen molar-refractivity contribution in [2.75, 3.05) is 0 Å². The van der Waals surface area contributed by atoms with Crippen molar-refractivity contribution in [3.8, 4) is 72.8 Å². The highest BCUT2D eigenvalue weighted by Crippen LogP contribution is 2.57. The highest BCUT2D eigenvalue weighted by Gasteiger charge is 2.31. The van der Waals surface area contributed by atoms with Crippen LogP contribution in [-0.4, -0.2) is 0 Å². The van der Waals surface area contributed by atoms with Gasteiger partial charge in [0.2, 0.25) is 0 Å². The fraction of sp³-hybridized carbons (Fsp3) is 0.172. The van der Waals surface area contributed by atoms with Crippen molar-refractivity contribution < 1.29 is 0 Å². The Bertz CT molecular complexity index is 3140. The summed E-state index contributed by atoms with van der Waals surface area (Å²) < 4.78 is 0. The van der Waals surface area contributed by atoms with Crippen molar-refractivity contribution >= 4 is 32.3 Å². The van der Waals surface area contributed by atoms with Crippen molar-refractivity contribution in [1.82, 2.24) is 0 Å². The maximum atomic E-state index is 9.33. The first-order chi connectivity index (χ1) is 32.1. The van der Waals surface area contributed by atoms with E-state index in [0.29, 0.717) is 5.56 Å². The summed E-state index contributed by atoms with van der Waals surface area (Å²) in [5.74, 6) is 0.204. The van der Waals surface area contributed by atoms with Gasteiger partial charge < -0.3 is 0 Å². The van der Waals surface area contributed by atoms with Crippen molar-refractivity contribution in [1.29, 1.82) is 5.26 Å². The molecule has 324 valence electrons. The molecular weight excluding hydrogens is 783 g/mol. The van der Waals surface area contributed by atoms with E-state index < -0.39 is 0 Å². The maximum Gasteiger partial charge on any atom is 0.0991 e. The number of fused-ring (bicyclic) bond motifs is 5. The van der Waals surface area contributed by atoms with Crippen LogP contribution < -0.4 is 0 Å². The van der Waals surface area contributed by atoms with Crippen LogP contribution in [0.4, 0.5) is 0 Å². The molecule has 0 fully saturated rings. The molecule has 1 unspecified atom stereocenters. The maximum absolute atomic E-state index is 9.33. The lowest BCUT2D eigenvalue weighted by molar-refractivity contribution is 0.984. The van der Waals surface area contributed by atoms with E-state index in [9.17, 15) is 5.26 Å². The standard InChI is InChI=1S/C56H39N.4C2H6/c1-3-4-6-14-36(2)52-48-19-11-12-20-49(48)53(39-15-7-5-8-16-39)56-51-32-31-46(47-21-13-22-50(54(47)51)55(52)56)43-30-28-40-33-42(29-27-41(40)34-43)45-18-10-9-17-44(45)38-25-23-37(35-57)24-26-38;4*1-2/h3-34,36H,1-2H3;4*1-2H3/b4-3-,14-6-;;;;. The number of nitrogens with zero attached hydrogens (tertiary/aromatic N) is 1. The molecule has 0 bridgehead atoms. The van der Waals surface area contributed by atoms with Crippen LogP contribution in [0.25, 0.3) is 99.1 Å². The summed E-state index contributed by atoms with van der Waals surface area (Å²) in [5.41, 5.74) is 17.0. The van der Waals surface area contributed by atoms with E-state index in [0.717, 1.165) is 11.1 Å². The van der Waals surface area contributed by atoms with Crippen LogP contribution in [0, 0.1) is 11.3 Å². The van der Waals surface area contributed by atoms with Gasteiger partial charge in [-0.15, -0.1) is 0 Å². The number of allylic oxidation sites excluding steroid dienone is 4. The van der Waals surface area contributed by atoms with Crippen LogP contribution in [0.15, 0.2) is 194 Å². The Morgan fingerprint density at radius 1 is 0.415 bits per heavy atom. The van der Waals surface area contributed by atoms with Gasteiger partial charge in [0.05, 0.1) is 11.6 Å². The number of hydrogen-bond donors (Lipinski definition) is 0. The first-order valence-electron chi connectivity index (χ1n) is 23.8. The summed E-state index contributed by atoms with van der Waals surface area (Å²) in [4.78, 5) is 0. The van der Waals surface area contributed by atoms with Gasteiger partial charge in [0.1, 0.15) is 0 Å². The van der Waals surface area contributed by atoms with Crippen LogP contribution in [0.1, 0.15) is 86.3 Å². The summed E-state index contributed by atoms with van der Waals surface area (Å²) in [7, 11) is 0. The number of benzene rings is 9. The van der Waals surface area contributed by atoms with Crippen molar-refractivity contribution in [2.45, 2.75) is 75.2 Å². The SMILES string of the molecule is C/C=C\C=C/C(C)c1c2c(c(-c3ccccc3)c3ccccc13)-c1ccc(-c3ccc4cc(-c5ccccc5-c5ccc(C#N)cc5)ccc4c3)c3cccc-2c13.CC.CC.CC.CC. The Balaban J connectivity index is 0.000000831. The molecule has 1 aliphatic carbocycles. The molecule has 9 aromatic carbocycles. The smallest absolute Gasteiger partial charge is 0.0991 e. The third-order valence-corrected chi connectivity index (χ3v) is 11.8. The minimum atomic E-state index is 0.204. The predicted molar refractivity (Wildman–Crippen MR) is 288 cm³/mol. The quantitative estimate of drug-likeness (QED) is 0.147. The third-order valence-electron chi connectivity index (χ3n) is 11.8. The Hall–Kier alpha value is -7.27. The second-order valence-electron chi connectivity index (χ2n) is 15.0. The van der Waals surface area contributed by atoms with Gasteiger partial charge in [-0.3, -0.25) is 0 Å². The molecule has 1 nitrogen and oxygen atoms in total. The van der Waals surface area contributed by atoms with Crippen molar-refractivity contribution in [3.63, 3.8) is 0 Å². The largest absolute Gasteiger partial charge is 0.192 e. The Kier molecular flexibility index (Phi) is 16.3. The average molecular weight is 846 g/mol. The van der Waals surface area contributed by atoms with Crippen LogP contribution >= 0.6 is 0 Å². The molecule has 0 aromatic heterocycles. The molecule has 10 rings (SSSR count). The average Bonchev–Trinajstić information content (AvgIpc) is 3.72. The highest BCUT2D eigenvalue weighted by atomic mass is 14.3. The Morgan fingerprint density at radius 2 is 0.923 bits per heavy atom. The number of rotatable bonds is 7. The third kappa shape index (κ3) is 9.09. The van der Waals surface area contributed by atoms with Crippen LogP contribution in [-0.2, 0) is 0 Å². The summed E-state index contributed by atoms with van der Waals surface area (Å²) in [6, 6.07) is 63.9. The molecule has 65 heavy (non-hydrogen) atoms. The first-order valence-corrected chi connectivity index (χ1v) is 23.8. The van der Waals surface area contributed by atoms with E-state index in [4.69, 9.17) is 0 Å². The Morgan fingerprint density at radius 3 is 1.55 bits per heavy atom. The van der Waals surface area contributed by atoms with E-state index in [1.54, 1.807) is 0 Å². The lowest BCUT2D eigenvalue weighted by atomic mass is 9.81. The normalized spacial score (nSPS) is 11.3. The highest BCUT2D eigenvalue weighted by molar-refractivity contribution is 6.26. The van der Waals surface area contributed by atoms with Gasteiger partial charge in [0.15, 0.2) is 0 Å². The van der Waals surface area contributed by atoms with E-state index in [1.807, 2.05) is 79.7 Å². The zero-order valence-corrected chi connectivity index (χ0v) is 40.0. The van der Waals surface area contributed by atoms with Crippen molar-refractivity contribution in [2.24, 2.45) is 0 Å². The fourth-order valence-electron chi connectivity index (χ4n) is 9.20. The zero-order valence-electron chi connectivity index (χ0n) is 40.0. The van der Waals surface area contributed by atoms with Crippen LogP contribution in [0.2, 0.25) is 0 Å². The molecule has 0 aliphatic heterocycles. The van der Waals surface area contributed by atoms with E-state index in [1.165, 1.54) is 93.5 Å². The first kappa shape index (κ1) is 47.2. The molecular formula is C64H63N. The van der Waals surface area contributed by atoms with Gasteiger partial charge in [-0.2, -0.15) is 5.26 Å². The van der Waals surface area contributed by atoms with Gasteiger partial charge in [-0.25, -0.2) is 0 Å². The minimum Gasteiger partial charge on any atom is -0.192 e. The van der Waals surface area contributed by atoms with Gasteiger partial charge in [0.25, 0.3) is 0 Å². The van der Waals surface area contributed by atoms with E-state index in [-0.39, 0.29) is 5.92 Å². The second-order valence-corrected chi connectivity index (χ2v) is 15.0. The second kappa shape index (κ2) is 22.4. The Labute approximate surface area is 389 Å². The predicted octanol–water partition coefficient (Wildman–Crippen LogP) is 19.7. The van der Waals surface area contributed by atoms with E-state index >= 15 is 0 Å². The summed E-state index contributed by atoms with van der Waals surface area (Å²) >= 11 is 0. The topological polar surface area (TPSA) is 23.8 Å². The molecule has 0 amide bonds. The minimum absolute atomic E-state index is 0.204. The molecule has 1 aliphatic rings. The lowest BCUT2D eigenvalue weighted by Crippen LogP contribution is -1.99. The van der Waals surface area contributed by atoms with Crippen molar-refractivity contribution in [3.05, 3.63) is 205 Å². The molecule has 0 radical (unpaired) electrons. The summed E-state index contributed by atoms with van der Waals surface area (Å²) in [5, 5.41) is 17.0. The molecule has 0 saturated carbocycles. The van der Waals surface area contributed by atoms with Gasteiger partial charge in [-0.1, -0.05) is 232 Å². The number of hydrogen-bond acceptors (Lipinski definition) is 1. The molecule has 0 saturated heterocycles. The lowest BCUT2D eigenvalue weighted by Gasteiger charge is -2.22. The molecule has 1 heteroatoms. The van der Waals surface area contributed by atoms with Gasteiger partial charge in [-0.05, 0) is 136 Å². The zero-order chi connectivity index (χ0) is 46.5. The molecule has 9 aromatic rings. The molecule has 0 N–H and O–H groups in total. The number of nitriles is 1. The van der Waals surface area contributed by atoms with Crippen LogP contribution in [0.3, 0.4) is 0 Å². The molecule has 0 spiro atoms. The molecule has 1 atom stereocenters. The molecule has 0 heterocycles. The monoisotopic (exact) mass is 845 g/mol. The van der Waals surface area contributed by atoms with Gasteiger partial charge >= 0.3 is 0 Å². The summed E-state index contributed by atoms with van der Waals surface area (Å²) in [6.07, 6.45) is 8.74. The summed E-state index contributed by atoms with van der Waals surface area (Å²) in [6.45, 7) is 20.4. The van der Waals surface area contributed by atoms with E-state index in [2.05, 4.69) is 190 Å².